The van der Waals surface area contributed by atoms with Crippen molar-refractivity contribution in [1.82, 2.24) is 19.6 Å². The Morgan fingerprint density at radius 3 is 2.31 bits per heavy atom. The highest BCUT2D eigenvalue weighted by Gasteiger charge is 2.31. The molecule has 2 aliphatic rings. The van der Waals surface area contributed by atoms with Crippen LogP contribution in [0.25, 0.3) is 16.5 Å². The van der Waals surface area contributed by atoms with Gasteiger partial charge in [-0.1, -0.05) is 6.58 Å². The molecule has 1 amide bonds. The van der Waals surface area contributed by atoms with Crippen molar-refractivity contribution >= 4 is 28.3 Å². The summed E-state index contributed by atoms with van der Waals surface area (Å²) in [5, 5.41) is 5.96. The number of allylic oxidation sites excluding steroid dienone is 1. The number of benzene rings is 1. The molecule has 0 atom stereocenters. The van der Waals surface area contributed by atoms with E-state index >= 15 is 0 Å². The van der Waals surface area contributed by atoms with E-state index in [9.17, 15) is 4.79 Å². The molecule has 7 nitrogen and oxygen atoms in total. The van der Waals surface area contributed by atoms with Crippen molar-refractivity contribution in [3.63, 3.8) is 0 Å². The Balaban J connectivity index is 1.32. The number of nitrogens with two attached hydrogens (primary N) is 1. The molecular formula is C25H37N5O2. The lowest BCUT2D eigenvalue weighted by Crippen LogP contribution is -2.53. The number of nitrogen functional groups attached to an aromatic ring is 1. The van der Waals surface area contributed by atoms with Gasteiger partial charge in [0.15, 0.2) is 0 Å². The number of ether oxygens (including phenoxy) is 1. The Bertz CT molecular complexity index is 990. The van der Waals surface area contributed by atoms with E-state index in [-0.39, 0.29) is 6.09 Å². The minimum absolute atomic E-state index is 0.193. The maximum atomic E-state index is 12.3. The minimum Gasteiger partial charge on any atom is -0.444 e. The number of rotatable bonds is 3. The van der Waals surface area contributed by atoms with E-state index in [4.69, 9.17) is 15.6 Å². The van der Waals surface area contributed by atoms with Gasteiger partial charge in [0.25, 0.3) is 0 Å². The molecule has 2 fully saturated rings. The maximum Gasteiger partial charge on any atom is 0.410 e. The van der Waals surface area contributed by atoms with E-state index in [1.54, 1.807) is 0 Å². The SMILES string of the molecule is C=C(C)c1cc2nn(C3CCC(N4CCN(C(=O)OC(C)(C)C)CC4)CC3)cc2cc1N. The van der Waals surface area contributed by atoms with Crippen LogP contribution in [0.2, 0.25) is 0 Å². The molecule has 2 N–H and O–H groups in total. The summed E-state index contributed by atoms with van der Waals surface area (Å²) in [6.07, 6.45) is 6.50. The molecule has 4 rings (SSSR count). The van der Waals surface area contributed by atoms with Crippen LogP contribution >= 0.6 is 0 Å². The summed E-state index contributed by atoms with van der Waals surface area (Å²) < 4.78 is 7.66. The van der Waals surface area contributed by atoms with E-state index in [2.05, 4.69) is 28.4 Å². The predicted octanol–water partition coefficient (Wildman–Crippen LogP) is 4.69. The molecule has 1 aliphatic carbocycles. The standard InChI is InChI=1S/C25H37N5O2/c1-17(2)21-15-23-18(14-22(21)26)16-30(27-23)20-8-6-19(7-9-20)28-10-12-29(13-11-28)24(31)32-25(3,4)5/h14-16,19-20H,1,6-13,26H2,2-5H3. The van der Waals surface area contributed by atoms with Crippen molar-refractivity contribution in [2.24, 2.45) is 0 Å². The maximum absolute atomic E-state index is 12.3. The molecule has 2 aromatic rings. The van der Waals surface area contributed by atoms with E-state index in [1.165, 1.54) is 0 Å². The monoisotopic (exact) mass is 439 g/mol. The zero-order chi connectivity index (χ0) is 23.0. The molecule has 0 bridgehead atoms. The van der Waals surface area contributed by atoms with Gasteiger partial charge in [-0.2, -0.15) is 5.10 Å². The van der Waals surface area contributed by atoms with E-state index in [0.29, 0.717) is 12.1 Å². The first-order chi connectivity index (χ1) is 15.1. The summed E-state index contributed by atoms with van der Waals surface area (Å²) in [6, 6.07) is 5.08. The Morgan fingerprint density at radius 1 is 1.09 bits per heavy atom. The Morgan fingerprint density at radius 2 is 1.72 bits per heavy atom. The third-order valence-electron chi connectivity index (χ3n) is 6.68. The summed E-state index contributed by atoms with van der Waals surface area (Å²) in [7, 11) is 0. The summed E-state index contributed by atoms with van der Waals surface area (Å²) in [5.41, 5.74) is 9.45. The smallest absolute Gasteiger partial charge is 0.410 e. The molecule has 2 heterocycles. The van der Waals surface area contributed by atoms with Crippen LogP contribution in [-0.2, 0) is 4.74 Å². The quantitative estimate of drug-likeness (QED) is 0.702. The number of hydrogen-bond acceptors (Lipinski definition) is 5. The lowest BCUT2D eigenvalue weighted by Gasteiger charge is -2.42. The highest BCUT2D eigenvalue weighted by atomic mass is 16.6. The van der Waals surface area contributed by atoms with Crippen molar-refractivity contribution in [3.8, 4) is 0 Å². The van der Waals surface area contributed by atoms with Gasteiger partial charge in [-0.3, -0.25) is 9.58 Å². The second-order valence-electron chi connectivity index (χ2n) is 10.4. The lowest BCUT2D eigenvalue weighted by molar-refractivity contribution is 0.00722. The van der Waals surface area contributed by atoms with Crippen LogP contribution in [0.3, 0.4) is 0 Å². The summed E-state index contributed by atoms with van der Waals surface area (Å²) in [4.78, 5) is 16.7. The second kappa shape index (κ2) is 8.77. The zero-order valence-corrected chi connectivity index (χ0v) is 19.9. The summed E-state index contributed by atoms with van der Waals surface area (Å²) >= 11 is 0. The highest BCUT2D eigenvalue weighted by molar-refractivity contribution is 5.88. The molecule has 1 aliphatic heterocycles. The molecule has 0 radical (unpaired) electrons. The summed E-state index contributed by atoms with van der Waals surface area (Å²) in [6.45, 7) is 15.1. The Kier molecular flexibility index (Phi) is 6.21. The Hall–Kier alpha value is -2.54. The fourth-order valence-corrected chi connectivity index (χ4v) is 4.95. The molecule has 1 aromatic carbocycles. The third kappa shape index (κ3) is 4.93. The topological polar surface area (TPSA) is 76.6 Å². The van der Waals surface area contributed by atoms with Gasteiger partial charge in [-0.25, -0.2) is 4.79 Å². The largest absolute Gasteiger partial charge is 0.444 e. The molecule has 7 heteroatoms. The Labute approximate surface area is 191 Å². The van der Waals surface area contributed by atoms with Crippen LogP contribution in [0.15, 0.2) is 24.9 Å². The number of hydrogen-bond donors (Lipinski definition) is 1. The van der Waals surface area contributed by atoms with Gasteiger partial charge in [0.1, 0.15) is 5.60 Å². The van der Waals surface area contributed by atoms with Crippen molar-refractivity contribution in [2.75, 3.05) is 31.9 Å². The van der Waals surface area contributed by atoms with E-state index in [0.717, 1.165) is 79.6 Å². The third-order valence-corrected chi connectivity index (χ3v) is 6.68. The number of carbonyl (C=O) groups is 1. The van der Waals surface area contributed by atoms with Gasteiger partial charge in [0.05, 0.1) is 11.6 Å². The first-order valence-corrected chi connectivity index (χ1v) is 11.8. The van der Waals surface area contributed by atoms with Crippen LogP contribution in [0.5, 0.6) is 0 Å². The number of fused-ring (bicyclic) bond motifs is 1. The van der Waals surface area contributed by atoms with E-state index < -0.39 is 5.60 Å². The number of piperazine rings is 1. The highest BCUT2D eigenvalue weighted by Crippen LogP contribution is 2.33. The van der Waals surface area contributed by atoms with Gasteiger partial charge < -0.3 is 15.4 Å². The molecule has 32 heavy (non-hydrogen) atoms. The van der Waals surface area contributed by atoms with Crippen LogP contribution in [0, 0.1) is 0 Å². The first kappa shape index (κ1) is 22.6. The predicted molar refractivity (Wildman–Crippen MR) is 130 cm³/mol. The molecule has 174 valence electrons. The molecule has 1 aromatic heterocycles. The van der Waals surface area contributed by atoms with Crippen molar-refractivity contribution in [3.05, 3.63) is 30.5 Å². The zero-order valence-electron chi connectivity index (χ0n) is 19.9. The fourth-order valence-electron chi connectivity index (χ4n) is 4.95. The van der Waals surface area contributed by atoms with Crippen LogP contribution < -0.4 is 5.73 Å². The minimum atomic E-state index is -0.443. The van der Waals surface area contributed by atoms with Crippen LogP contribution in [0.4, 0.5) is 10.5 Å². The lowest BCUT2D eigenvalue weighted by atomic mass is 9.90. The first-order valence-electron chi connectivity index (χ1n) is 11.8. The number of aromatic nitrogens is 2. The molecule has 1 saturated carbocycles. The molecular weight excluding hydrogens is 402 g/mol. The number of carbonyl (C=O) groups excluding carboxylic acids is 1. The van der Waals surface area contributed by atoms with Crippen LogP contribution in [-0.4, -0.2) is 63.5 Å². The number of anilines is 1. The molecule has 1 saturated heterocycles. The van der Waals surface area contributed by atoms with Gasteiger partial charge in [0.2, 0.25) is 0 Å². The van der Waals surface area contributed by atoms with Gasteiger partial charge in [-0.15, -0.1) is 0 Å². The average Bonchev–Trinajstić information content (AvgIpc) is 3.15. The van der Waals surface area contributed by atoms with Crippen molar-refractivity contribution in [2.45, 2.75) is 71.1 Å². The number of amides is 1. The number of nitrogens with zero attached hydrogens (tertiary/aromatic N) is 4. The summed E-state index contributed by atoms with van der Waals surface area (Å²) in [5.74, 6) is 0. The van der Waals surface area contributed by atoms with Crippen molar-refractivity contribution in [1.29, 1.82) is 0 Å². The fraction of sp³-hybridized carbons (Fsp3) is 0.600. The normalized spacial score (nSPS) is 22.8. The molecule has 0 unspecified atom stereocenters. The van der Waals surface area contributed by atoms with Gasteiger partial charge in [-0.05, 0) is 71.1 Å². The van der Waals surface area contributed by atoms with Gasteiger partial charge >= 0.3 is 6.09 Å². The average molecular weight is 440 g/mol. The van der Waals surface area contributed by atoms with Crippen molar-refractivity contribution < 1.29 is 9.53 Å². The molecule has 0 spiro atoms. The van der Waals surface area contributed by atoms with Crippen LogP contribution in [0.1, 0.15) is 65.0 Å². The second-order valence-corrected chi connectivity index (χ2v) is 10.4. The van der Waals surface area contributed by atoms with Gasteiger partial charge in [0, 0.05) is 55.1 Å². The van der Waals surface area contributed by atoms with E-state index in [1.807, 2.05) is 38.7 Å².